The van der Waals surface area contributed by atoms with Crippen LogP contribution in [0.1, 0.15) is 22.3 Å². The highest BCUT2D eigenvalue weighted by atomic mass is 16.5. The van der Waals surface area contributed by atoms with Crippen molar-refractivity contribution in [1.29, 1.82) is 0 Å². The van der Waals surface area contributed by atoms with Crippen LogP contribution in [0.5, 0.6) is 11.5 Å². The SMILES string of the molecule is COc1ccc(CNc2ccc(C)c(C)c2)cc1OCc1ccccc1.O=C(O)C(=O)O. The van der Waals surface area contributed by atoms with Crippen molar-refractivity contribution in [3.8, 4) is 11.5 Å². The highest BCUT2D eigenvalue weighted by Gasteiger charge is 2.07. The quantitative estimate of drug-likeness (QED) is 0.462. The molecule has 0 heterocycles. The Kier molecular flexibility index (Phi) is 9.10. The van der Waals surface area contributed by atoms with Gasteiger partial charge in [-0.05, 0) is 60.4 Å². The maximum absolute atomic E-state index is 9.10. The van der Waals surface area contributed by atoms with Crippen LogP contribution in [0.25, 0.3) is 0 Å². The lowest BCUT2D eigenvalue weighted by Crippen LogP contribution is -2.09. The van der Waals surface area contributed by atoms with E-state index in [1.54, 1.807) is 7.11 Å². The number of carboxylic acid groups (broad SMARTS) is 2. The summed E-state index contributed by atoms with van der Waals surface area (Å²) in [4.78, 5) is 18.2. The average molecular weight is 437 g/mol. The maximum atomic E-state index is 9.10. The van der Waals surface area contributed by atoms with Gasteiger partial charge >= 0.3 is 11.9 Å². The summed E-state index contributed by atoms with van der Waals surface area (Å²) < 4.78 is 11.4. The molecule has 0 saturated heterocycles. The van der Waals surface area contributed by atoms with Gasteiger partial charge in [0.2, 0.25) is 0 Å². The zero-order chi connectivity index (χ0) is 23.5. The number of aryl methyl sites for hydroxylation is 2. The summed E-state index contributed by atoms with van der Waals surface area (Å²) in [5.74, 6) is -2.14. The van der Waals surface area contributed by atoms with Crippen LogP contribution >= 0.6 is 0 Å². The van der Waals surface area contributed by atoms with Crippen molar-refractivity contribution in [2.75, 3.05) is 12.4 Å². The molecule has 168 valence electrons. The van der Waals surface area contributed by atoms with E-state index in [0.717, 1.165) is 34.9 Å². The Bertz CT molecular complexity index is 1040. The molecule has 0 saturated carbocycles. The van der Waals surface area contributed by atoms with Gasteiger partial charge in [0.05, 0.1) is 7.11 Å². The molecule has 0 aromatic heterocycles. The van der Waals surface area contributed by atoms with Crippen LogP contribution in [0.2, 0.25) is 0 Å². The lowest BCUT2D eigenvalue weighted by molar-refractivity contribution is -0.159. The summed E-state index contributed by atoms with van der Waals surface area (Å²) in [5.41, 5.74) is 5.99. The molecule has 3 rings (SSSR count). The molecule has 0 bridgehead atoms. The van der Waals surface area contributed by atoms with E-state index >= 15 is 0 Å². The molecule has 0 unspecified atom stereocenters. The Labute approximate surface area is 187 Å². The van der Waals surface area contributed by atoms with Crippen molar-refractivity contribution in [2.45, 2.75) is 27.0 Å². The minimum absolute atomic E-state index is 0.519. The summed E-state index contributed by atoms with van der Waals surface area (Å²) in [7, 11) is 1.66. The van der Waals surface area contributed by atoms with E-state index in [1.165, 1.54) is 11.1 Å². The van der Waals surface area contributed by atoms with Crippen LogP contribution < -0.4 is 14.8 Å². The molecule has 7 heteroatoms. The third-order valence-corrected chi connectivity index (χ3v) is 4.65. The van der Waals surface area contributed by atoms with E-state index in [2.05, 4.69) is 55.6 Å². The van der Waals surface area contributed by atoms with Gasteiger partial charge < -0.3 is 25.0 Å². The van der Waals surface area contributed by atoms with Gasteiger partial charge in [-0.3, -0.25) is 0 Å². The molecule has 0 aliphatic heterocycles. The smallest absolute Gasteiger partial charge is 0.414 e. The van der Waals surface area contributed by atoms with Gasteiger partial charge in [0.25, 0.3) is 0 Å². The zero-order valence-electron chi connectivity index (χ0n) is 18.3. The molecule has 3 aromatic carbocycles. The van der Waals surface area contributed by atoms with Crippen LogP contribution in [0, 0.1) is 13.8 Å². The number of rotatable bonds is 7. The van der Waals surface area contributed by atoms with Crippen molar-refractivity contribution in [1.82, 2.24) is 0 Å². The number of carbonyl (C=O) groups is 2. The molecule has 7 nitrogen and oxygen atoms in total. The van der Waals surface area contributed by atoms with Crippen LogP contribution in [-0.4, -0.2) is 29.3 Å². The molecule has 3 N–H and O–H groups in total. The number of hydrogen-bond donors (Lipinski definition) is 3. The summed E-state index contributed by atoms with van der Waals surface area (Å²) in [6.45, 7) is 5.50. The van der Waals surface area contributed by atoms with E-state index in [0.29, 0.717) is 6.61 Å². The van der Waals surface area contributed by atoms with Gasteiger partial charge in [0.15, 0.2) is 11.5 Å². The predicted molar refractivity (Wildman–Crippen MR) is 122 cm³/mol. The lowest BCUT2D eigenvalue weighted by atomic mass is 10.1. The van der Waals surface area contributed by atoms with Gasteiger partial charge in [0, 0.05) is 12.2 Å². The molecular weight excluding hydrogens is 410 g/mol. The number of ether oxygens (including phenoxy) is 2. The fourth-order valence-corrected chi connectivity index (χ4v) is 2.73. The van der Waals surface area contributed by atoms with E-state index in [-0.39, 0.29) is 0 Å². The first-order valence-corrected chi connectivity index (χ1v) is 9.91. The highest BCUT2D eigenvalue weighted by molar-refractivity contribution is 6.27. The van der Waals surface area contributed by atoms with Crippen molar-refractivity contribution >= 4 is 17.6 Å². The summed E-state index contributed by atoms with van der Waals surface area (Å²) in [5, 5.41) is 18.3. The monoisotopic (exact) mass is 437 g/mol. The molecule has 0 fully saturated rings. The van der Waals surface area contributed by atoms with Crippen LogP contribution in [0.15, 0.2) is 66.7 Å². The van der Waals surface area contributed by atoms with Gasteiger partial charge in [0.1, 0.15) is 6.61 Å². The predicted octanol–water partition coefficient (Wildman–Crippen LogP) is 4.66. The Morgan fingerprint density at radius 1 is 0.812 bits per heavy atom. The number of nitrogens with one attached hydrogen (secondary N) is 1. The standard InChI is InChI=1S/C23H25NO2.C2H2O4/c1-17-9-11-21(13-18(17)2)24-15-20-10-12-22(25-3)23(14-20)26-16-19-7-5-4-6-8-19;3-1(4)2(5)6/h4-14,24H,15-16H2,1-3H3;(H,3,4)(H,5,6). The summed E-state index contributed by atoms with van der Waals surface area (Å²) >= 11 is 0. The summed E-state index contributed by atoms with van der Waals surface area (Å²) in [6, 6.07) is 22.6. The number of methoxy groups -OCH3 is 1. The van der Waals surface area contributed by atoms with Crippen LogP contribution in [0.3, 0.4) is 0 Å². The maximum Gasteiger partial charge on any atom is 0.414 e. The second-order valence-electron chi connectivity index (χ2n) is 7.02. The van der Waals surface area contributed by atoms with E-state index in [4.69, 9.17) is 29.3 Å². The molecule has 0 atom stereocenters. The number of hydrogen-bond acceptors (Lipinski definition) is 5. The molecule has 0 radical (unpaired) electrons. The minimum atomic E-state index is -1.82. The van der Waals surface area contributed by atoms with Gasteiger partial charge in [-0.1, -0.05) is 42.5 Å². The van der Waals surface area contributed by atoms with Gasteiger partial charge in [-0.2, -0.15) is 0 Å². The van der Waals surface area contributed by atoms with Crippen molar-refractivity contribution < 1.29 is 29.3 Å². The van der Waals surface area contributed by atoms with Crippen molar-refractivity contribution in [2.24, 2.45) is 0 Å². The number of benzene rings is 3. The Hall–Kier alpha value is -4.00. The van der Waals surface area contributed by atoms with Crippen molar-refractivity contribution in [3.63, 3.8) is 0 Å². The number of carboxylic acids is 2. The molecule has 0 aliphatic rings. The molecule has 32 heavy (non-hydrogen) atoms. The Balaban J connectivity index is 0.000000534. The normalized spacial score (nSPS) is 9.84. The van der Waals surface area contributed by atoms with Crippen molar-refractivity contribution in [3.05, 3.63) is 89.0 Å². The minimum Gasteiger partial charge on any atom is -0.493 e. The van der Waals surface area contributed by atoms with E-state index < -0.39 is 11.9 Å². The van der Waals surface area contributed by atoms with Gasteiger partial charge in [-0.25, -0.2) is 9.59 Å². The fourth-order valence-electron chi connectivity index (χ4n) is 2.73. The van der Waals surface area contributed by atoms with E-state index in [9.17, 15) is 0 Å². The molecule has 0 amide bonds. The third kappa shape index (κ3) is 7.68. The second kappa shape index (κ2) is 12.0. The third-order valence-electron chi connectivity index (χ3n) is 4.65. The molecule has 0 spiro atoms. The Morgan fingerprint density at radius 3 is 2.09 bits per heavy atom. The number of aliphatic carboxylic acids is 2. The highest BCUT2D eigenvalue weighted by Crippen LogP contribution is 2.29. The number of anilines is 1. The van der Waals surface area contributed by atoms with Gasteiger partial charge in [-0.15, -0.1) is 0 Å². The van der Waals surface area contributed by atoms with Crippen LogP contribution in [0.4, 0.5) is 5.69 Å². The second-order valence-corrected chi connectivity index (χ2v) is 7.02. The lowest BCUT2D eigenvalue weighted by Gasteiger charge is -2.14. The van der Waals surface area contributed by atoms with E-state index in [1.807, 2.05) is 30.3 Å². The Morgan fingerprint density at radius 2 is 1.50 bits per heavy atom. The molecular formula is C25H27NO6. The summed E-state index contributed by atoms with van der Waals surface area (Å²) in [6.07, 6.45) is 0. The first kappa shape index (κ1) is 24.3. The zero-order valence-corrected chi connectivity index (χ0v) is 18.3. The molecule has 3 aromatic rings. The topological polar surface area (TPSA) is 105 Å². The molecule has 0 aliphatic carbocycles. The fraction of sp³-hybridized carbons (Fsp3) is 0.200. The largest absolute Gasteiger partial charge is 0.493 e. The average Bonchev–Trinajstić information content (AvgIpc) is 2.79. The first-order valence-electron chi connectivity index (χ1n) is 9.91. The first-order chi connectivity index (χ1) is 15.3. The van der Waals surface area contributed by atoms with Crippen LogP contribution in [-0.2, 0) is 22.7 Å².